The number of hydrogen-bond acceptors (Lipinski definition) is 8. The average molecular weight is 717 g/mol. The molecule has 0 unspecified atom stereocenters. The van der Waals surface area contributed by atoms with Gasteiger partial charge in [-0.05, 0) is 41.8 Å². The number of amides is 2. The van der Waals surface area contributed by atoms with Gasteiger partial charge < -0.3 is 9.84 Å². The number of phenols is 1. The molecule has 0 spiro atoms. The molecule has 1 saturated heterocycles. The topological polar surface area (TPSA) is 141 Å². The van der Waals surface area contributed by atoms with Crippen molar-refractivity contribution in [1.82, 2.24) is 23.9 Å². The summed E-state index contributed by atoms with van der Waals surface area (Å²) in [5, 5.41) is 12.1. The van der Waals surface area contributed by atoms with E-state index in [4.69, 9.17) is 27.9 Å². The smallest absolute Gasteiger partial charge is 0.417 e. The Morgan fingerprint density at radius 2 is 1.78 bits per heavy atom. The quantitative estimate of drug-likeness (QED) is 0.229. The Kier molecular flexibility index (Phi) is 7.48. The highest BCUT2D eigenvalue weighted by Gasteiger charge is 2.69. The van der Waals surface area contributed by atoms with Crippen LogP contribution < -0.4 is 21.5 Å². The number of methoxy groups -OCH3 is 1. The van der Waals surface area contributed by atoms with Crippen LogP contribution in [0.2, 0.25) is 10.0 Å². The number of anilines is 1. The highest BCUT2D eigenvalue weighted by Crippen LogP contribution is 2.63. The van der Waals surface area contributed by atoms with Crippen LogP contribution in [-0.2, 0) is 34.8 Å². The minimum Gasteiger partial charge on any atom is -0.504 e. The Balaban J connectivity index is 1.49. The molecule has 2 N–H and O–H groups in total. The molecule has 1 saturated carbocycles. The van der Waals surface area contributed by atoms with Crippen LogP contribution in [0, 0.1) is 5.92 Å². The second kappa shape index (κ2) is 11.3. The maximum atomic E-state index is 15.1. The number of halogens is 5. The molecule has 2 aliphatic heterocycles. The Morgan fingerprint density at radius 3 is 2.43 bits per heavy atom. The Labute approximate surface area is 284 Å². The van der Waals surface area contributed by atoms with Crippen LogP contribution in [0.3, 0.4) is 0 Å². The van der Waals surface area contributed by atoms with Gasteiger partial charge in [0.1, 0.15) is 0 Å². The highest BCUT2D eigenvalue weighted by atomic mass is 35.5. The van der Waals surface area contributed by atoms with E-state index in [-0.39, 0.29) is 30.0 Å². The van der Waals surface area contributed by atoms with Crippen LogP contribution in [0.15, 0.2) is 76.0 Å². The van der Waals surface area contributed by atoms with Crippen molar-refractivity contribution in [3.05, 3.63) is 114 Å². The van der Waals surface area contributed by atoms with Gasteiger partial charge in [0.15, 0.2) is 17.3 Å². The molecule has 2 fully saturated rings. The van der Waals surface area contributed by atoms with E-state index < -0.39 is 69.1 Å². The second-order valence-electron chi connectivity index (χ2n) is 11.9. The molecule has 12 nitrogen and oxygen atoms in total. The number of aromatic hydroxyl groups is 1. The largest absolute Gasteiger partial charge is 0.504 e. The van der Waals surface area contributed by atoms with Crippen molar-refractivity contribution >= 4 is 40.8 Å². The van der Waals surface area contributed by atoms with Crippen LogP contribution in [0.5, 0.6) is 11.5 Å². The number of carbonyl (C=O) groups is 2. The first-order valence-electron chi connectivity index (χ1n) is 14.8. The number of hydrogen-bond donors (Lipinski definition) is 2. The number of carbonyl (C=O) groups excluding carboxylic acids is 2. The summed E-state index contributed by atoms with van der Waals surface area (Å²) >= 11 is 12.4. The molecule has 1 aliphatic carbocycles. The molecule has 2 amide bonds. The maximum absolute atomic E-state index is 15.1. The molecule has 2 aromatic carbocycles. The summed E-state index contributed by atoms with van der Waals surface area (Å²) in [6.07, 6.45) is -2.70. The number of nitrogens with zero attached hydrogens (tertiary/aromatic N) is 5. The molecule has 7 rings (SSSR count). The van der Waals surface area contributed by atoms with Gasteiger partial charge in [-0.2, -0.15) is 18.2 Å². The number of fused-ring (bicyclic) bond motifs is 4. The number of benzene rings is 2. The summed E-state index contributed by atoms with van der Waals surface area (Å²) in [5.74, 6) is -4.72. The predicted molar refractivity (Wildman–Crippen MR) is 169 cm³/mol. The van der Waals surface area contributed by atoms with Crippen LogP contribution in [-0.4, -0.2) is 48.0 Å². The molecule has 254 valence electrons. The molecule has 4 heterocycles. The van der Waals surface area contributed by atoms with Crippen molar-refractivity contribution in [1.29, 1.82) is 0 Å². The summed E-state index contributed by atoms with van der Waals surface area (Å²) < 4.78 is 48.9. The molecule has 17 heteroatoms. The summed E-state index contributed by atoms with van der Waals surface area (Å²) in [6, 6.07) is 10.6. The van der Waals surface area contributed by atoms with Gasteiger partial charge in [-0.25, -0.2) is 28.5 Å². The van der Waals surface area contributed by atoms with Crippen molar-refractivity contribution in [2.45, 2.75) is 36.5 Å². The van der Waals surface area contributed by atoms with Crippen molar-refractivity contribution in [2.75, 3.05) is 12.5 Å². The lowest BCUT2D eigenvalue weighted by Gasteiger charge is -2.49. The zero-order valence-corrected chi connectivity index (χ0v) is 27.0. The zero-order chi connectivity index (χ0) is 35.2. The minimum atomic E-state index is -4.76. The van der Waals surface area contributed by atoms with Gasteiger partial charge >= 0.3 is 17.6 Å². The molecule has 4 atom stereocenters. The molecular weight excluding hydrogens is 692 g/mol. The number of imide groups is 1. The summed E-state index contributed by atoms with van der Waals surface area (Å²) in [5.41, 5.74) is -0.689. The minimum absolute atomic E-state index is 0.0570. The number of aromatic nitrogens is 4. The fourth-order valence-corrected chi connectivity index (χ4v) is 7.77. The fraction of sp³-hybridized carbons (Fsp3) is 0.281. The number of rotatable bonds is 5. The lowest BCUT2D eigenvalue weighted by atomic mass is 9.53. The van der Waals surface area contributed by atoms with Crippen LogP contribution in [0.1, 0.15) is 35.1 Å². The van der Waals surface area contributed by atoms with E-state index in [9.17, 15) is 32.7 Å². The lowest BCUT2D eigenvalue weighted by molar-refractivity contribution is -0.139. The normalized spacial score (nSPS) is 23.1. The monoisotopic (exact) mass is 716 g/mol. The van der Waals surface area contributed by atoms with E-state index in [1.165, 1.54) is 41.7 Å². The number of hydrazine groups is 1. The highest BCUT2D eigenvalue weighted by molar-refractivity contribution is 6.33. The van der Waals surface area contributed by atoms with E-state index in [1.807, 2.05) is 0 Å². The molecule has 0 bridgehead atoms. The number of pyridine rings is 1. The molecule has 49 heavy (non-hydrogen) atoms. The van der Waals surface area contributed by atoms with Gasteiger partial charge in [-0.1, -0.05) is 53.5 Å². The number of ether oxygens (including phenoxy) is 1. The maximum Gasteiger partial charge on any atom is 0.417 e. The summed E-state index contributed by atoms with van der Waals surface area (Å²) in [7, 11) is 2.67. The molecule has 0 radical (unpaired) electrons. The van der Waals surface area contributed by atoms with Crippen LogP contribution in [0.4, 0.5) is 19.0 Å². The van der Waals surface area contributed by atoms with E-state index in [1.54, 1.807) is 30.3 Å². The number of phenolic OH excluding ortho intramolecular Hbond substituents is 1. The number of alkyl halides is 3. The van der Waals surface area contributed by atoms with Gasteiger partial charge in [0, 0.05) is 29.7 Å². The number of nitrogens with one attached hydrogen (secondary N) is 1. The first-order valence-corrected chi connectivity index (χ1v) is 15.5. The Hall–Kier alpha value is -5.02. The third-order valence-corrected chi connectivity index (χ3v) is 10.1. The fourth-order valence-electron chi connectivity index (χ4n) is 7.44. The predicted octanol–water partition coefficient (Wildman–Crippen LogP) is 4.40. The SMILES string of the molecule is COc1cccc([C@H]2C3=CCn4c(=O)n(C)c(=O)n4[C@@H]3C[C@H]3C(=O)N(Nc4ncc(C(F)(F)F)cc4Cl)C(=O)[C@@]23c2ccc(Cl)cc2)c1O. The van der Waals surface area contributed by atoms with E-state index in [0.717, 1.165) is 4.57 Å². The molecule has 4 aromatic rings. The number of para-hydroxylation sites is 1. The van der Waals surface area contributed by atoms with Crippen LogP contribution in [0.25, 0.3) is 0 Å². The molecule has 2 aromatic heterocycles. The first kappa shape index (κ1) is 32.5. The third-order valence-electron chi connectivity index (χ3n) is 9.57. The van der Waals surface area contributed by atoms with E-state index in [0.29, 0.717) is 33.4 Å². The Bertz CT molecular complexity index is 2210. The zero-order valence-electron chi connectivity index (χ0n) is 25.5. The summed E-state index contributed by atoms with van der Waals surface area (Å²) in [4.78, 5) is 59.9. The van der Waals surface area contributed by atoms with E-state index in [2.05, 4.69) is 10.4 Å². The van der Waals surface area contributed by atoms with Gasteiger partial charge in [-0.15, -0.1) is 0 Å². The van der Waals surface area contributed by atoms with Crippen molar-refractivity contribution < 1.29 is 32.6 Å². The van der Waals surface area contributed by atoms with Gasteiger partial charge in [0.05, 0.1) is 41.6 Å². The molecular formula is C32H25Cl2F3N6O6. The average Bonchev–Trinajstić information content (AvgIpc) is 3.42. The lowest BCUT2D eigenvalue weighted by Crippen LogP contribution is -2.53. The molecule has 3 aliphatic rings. The van der Waals surface area contributed by atoms with Crippen molar-refractivity contribution in [3.63, 3.8) is 0 Å². The summed E-state index contributed by atoms with van der Waals surface area (Å²) in [6.45, 7) is -0.0570. The second-order valence-corrected chi connectivity index (χ2v) is 12.8. The van der Waals surface area contributed by atoms with Gasteiger partial charge in [0.2, 0.25) is 0 Å². The van der Waals surface area contributed by atoms with Crippen molar-refractivity contribution in [2.24, 2.45) is 13.0 Å². The van der Waals surface area contributed by atoms with Gasteiger partial charge in [0.25, 0.3) is 11.8 Å². The standard InChI is InChI=1S/C32H25Cl2F3N6O6/c1-40-29(47)41-11-10-18-22(43(41)30(40)48)13-20-27(45)42(39-26-21(34)12-16(14-38-26)32(35,36)37)28(46)31(20,15-6-8-17(33)9-7-15)24(18)19-4-3-5-23(49-2)25(19)44/h3-10,12,14,20,22,24,44H,11,13H2,1-2H3,(H,38,39)/t20-,22+,24+,31+/m0/s1. The Morgan fingerprint density at radius 1 is 1.06 bits per heavy atom. The third kappa shape index (κ3) is 4.62. The van der Waals surface area contributed by atoms with Gasteiger partial charge in [-0.3, -0.25) is 15.0 Å². The van der Waals surface area contributed by atoms with Crippen LogP contribution >= 0.6 is 23.2 Å². The van der Waals surface area contributed by atoms with Crippen molar-refractivity contribution in [3.8, 4) is 11.5 Å². The first-order chi connectivity index (χ1) is 23.2. The van der Waals surface area contributed by atoms with E-state index >= 15 is 4.79 Å². The number of allylic oxidation sites excluding steroid dienone is 2.